The monoisotopic (exact) mass is 270 g/mol. The largest absolute Gasteiger partial charge is 0.416 e. The van der Waals surface area contributed by atoms with Crippen molar-refractivity contribution >= 4 is 0 Å². The third-order valence-corrected chi connectivity index (χ3v) is 2.84. The Morgan fingerprint density at radius 1 is 1.37 bits per heavy atom. The van der Waals surface area contributed by atoms with E-state index < -0.39 is 17.8 Å². The van der Waals surface area contributed by atoms with Crippen molar-refractivity contribution in [3.8, 4) is 0 Å². The molecule has 102 valence electrons. The Balaban J connectivity index is 2.18. The zero-order valence-corrected chi connectivity index (χ0v) is 10.2. The fraction of sp³-hybridized carbons (Fsp3) is 0.333. The van der Waals surface area contributed by atoms with Crippen LogP contribution in [-0.2, 0) is 19.6 Å². The molecule has 19 heavy (non-hydrogen) atoms. The number of benzene rings is 1. The molecule has 1 aromatic carbocycles. The second-order valence-electron chi connectivity index (χ2n) is 4.29. The average Bonchev–Trinajstić information content (AvgIpc) is 2.75. The first-order chi connectivity index (χ1) is 8.88. The highest BCUT2D eigenvalue weighted by atomic mass is 19.4. The Hall–Kier alpha value is -1.89. The van der Waals surface area contributed by atoms with Crippen LogP contribution < -0.4 is 5.73 Å². The molecule has 2 N–H and O–H groups in total. The van der Waals surface area contributed by atoms with E-state index in [1.807, 2.05) is 0 Å². The summed E-state index contributed by atoms with van der Waals surface area (Å²) in [5.41, 5.74) is 6.49. The van der Waals surface area contributed by atoms with Crippen LogP contribution in [0.25, 0.3) is 0 Å². The zero-order valence-electron chi connectivity index (χ0n) is 10.2. The summed E-state index contributed by atoms with van der Waals surface area (Å²) >= 11 is 0. The van der Waals surface area contributed by atoms with E-state index in [4.69, 9.17) is 5.73 Å². The Bertz CT molecular complexity index is 562. The number of alkyl halides is 3. The summed E-state index contributed by atoms with van der Waals surface area (Å²) < 4.78 is 39.3. The molecular weight excluding hydrogens is 257 g/mol. The maximum absolute atomic E-state index is 12.6. The van der Waals surface area contributed by atoms with Gasteiger partial charge in [0, 0.05) is 7.05 Å². The predicted molar refractivity (Wildman–Crippen MR) is 63.1 cm³/mol. The number of aromatic nitrogens is 3. The van der Waals surface area contributed by atoms with Crippen molar-refractivity contribution in [2.75, 3.05) is 0 Å². The molecule has 1 atom stereocenters. The maximum atomic E-state index is 12.6. The lowest BCUT2D eigenvalue weighted by Gasteiger charge is -2.13. The molecule has 1 unspecified atom stereocenters. The summed E-state index contributed by atoms with van der Waals surface area (Å²) in [6, 6.07) is 4.72. The lowest BCUT2D eigenvalue weighted by Crippen LogP contribution is -2.17. The molecule has 0 saturated heterocycles. The molecule has 7 heteroatoms. The molecule has 0 saturated carbocycles. The second-order valence-corrected chi connectivity index (χ2v) is 4.29. The summed E-state index contributed by atoms with van der Waals surface area (Å²) in [4.78, 5) is 0. The van der Waals surface area contributed by atoms with Gasteiger partial charge in [-0.1, -0.05) is 23.4 Å². The van der Waals surface area contributed by atoms with Crippen molar-refractivity contribution in [1.82, 2.24) is 15.0 Å². The van der Waals surface area contributed by atoms with Gasteiger partial charge in [-0.3, -0.25) is 4.68 Å². The topological polar surface area (TPSA) is 56.7 Å². The number of hydrogen-bond acceptors (Lipinski definition) is 3. The van der Waals surface area contributed by atoms with Gasteiger partial charge >= 0.3 is 6.18 Å². The number of rotatable bonds is 3. The van der Waals surface area contributed by atoms with E-state index in [2.05, 4.69) is 10.3 Å². The zero-order chi connectivity index (χ0) is 14.0. The minimum atomic E-state index is -4.34. The lowest BCUT2D eigenvalue weighted by molar-refractivity contribution is -0.137. The molecule has 0 fully saturated rings. The molecule has 1 aromatic heterocycles. The molecule has 0 amide bonds. The summed E-state index contributed by atoms with van der Waals surface area (Å²) in [6.45, 7) is 0. The van der Waals surface area contributed by atoms with Gasteiger partial charge in [0.2, 0.25) is 0 Å². The van der Waals surface area contributed by atoms with Gasteiger partial charge in [-0.05, 0) is 18.1 Å². The van der Waals surface area contributed by atoms with Crippen molar-refractivity contribution in [1.29, 1.82) is 0 Å². The highest BCUT2D eigenvalue weighted by molar-refractivity contribution is 5.27. The van der Waals surface area contributed by atoms with E-state index in [0.29, 0.717) is 17.7 Å². The molecule has 0 bridgehead atoms. The van der Waals surface area contributed by atoms with Crippen LogP contribution in [0.15, 0.2) is 30.5 Å². The fourth-order valence-corrected chi connectivity index (χ4v) is 1.87. The van der Waals surface area contributed by atoms with Crippen LogP contribution in [0.5, 0.6) is 0 Å². The third-order valence-electron chi connectivity index (χ3n) is 2.84. The predicted octanol–water partition coefficient (Wildman–Crippen LogP) is 2.08. The summed E-state index contributed by atoms with van der Waals surface area (Å²) in [5, 5.41) is 7.44. The normalized spacial score (nSPS) is 13.5. The van der Waals surface area contributed by atoms with Gasteiger partial charge in [-0.2, -0.15) is 13.2 Å². The van der Waals surface area contributed by atoms with Crippen LogP contribution in [0, 0.1) is 0 Å². The van der Waals surface area contributed by atoms with Crippen molar-refractivity contribution in [3.05, 3.63) is 47.3 Å². The molecule has 0 aliphatic rings. The first kappa shape index (κ1) is 13.5. The van der Waals surface area contributed by atoms with Crippen molar-refractivity contribution in [3.63, 3.8) is 0 Å². The van der Waals surface area contributed by atoms with Crippen LogP contribution in [0.3, 0.4) is 0 Å². The van der Waals surface area contributed by atoms with Gasteiger partial charge in [-0.15, -0.1) is 5.10 Å². The van der Waals surface area contributed by atoms with Crippen LogP contribution in [-0.4, -0.2) is 15.0 Å². The maximum Gasteiger partial charge on any atom is 0.416 e. The van der Waals surface area contributed by atoms with Crippen LogP contribution in [0.4, 0.5) is 13.2 Å². The van der Waals surface area contributed by atoms with E-state index in [0.717, 1.165) is 12.1 Å². The molecule has 2 rings (SSSR count). The van der Waals surface area contributed by atoms with Crippen LogP contribution in [0.1, 0.15) is 22.9 Å². The van der Waals surface area contributed by atoms with Gasteiger partial charge in [0.25, 0.3) is 0 Å². The van der Waals surface area contributed by atoms with Crippen LogP contribution in [0.2, 0.25) is 0 Å². The number of nitrogens with two attached hydrogens (primary N) is 1. The first-order valence-electron chi connectivity index (χ1n) is 5.64. The van der Waals surface area contributed by atoms with E-state index in [-0.39, 0.29) is 0 Å². The Morgan fingerprint density at radius 3 is 2.68 bits per heavy atom. The Labute approximate surface area is 108 Å². The molecular formula is C12H13F3N4. The molecule has 4 nitrogen and oxygen atoms in total. The molecule has 1 heterocycles. The number of halogens is 3. The van der Waals surface area contributed by atoms with Gasteiger partial charge in [0.15, 0.2) is 0 Å². The minimum Gasteiger partial charge on any atom is -0.322 e. The average molecular weight is 270 g/mol. The standard InChI is InChI=1S/C12H13F3N4/c1-19-11(7-17-18-19)10(16)6-8-3-2-4-9(5-8)12(13,14)15/h2-5,7,10H,6,16H2,1H3. The lowest BCUT2D eigenvalue weighted by atomic mass is 10.0. The summed E-state index contributed by atoms with van der Waals surface area (Å²) in [6.07, 6.45) is -2.53. The smallest absolute Gasteiger partial charge is 0.322 e. The fourth-order valence-electron chi connectivity index (χ4n) is 1.87. The summed E-state index contributed by atoms with van der Waals surface area (Å²) in [7, 11) is 1.69. The van der Waals surface area contributed by atoms with Gasteiger partial charge in [0.1, 0.15) is 0 Å². The third kappa shape index (κ3) is 3.11. The Morgan fingerprint density at radius 2 is 2.11 bits per heavy atom. The van der Waals surface area contributed by atoms with Crippen LogP contribution >= 0.6 is 0 Å². The van der Waals surface area contributed by atoms with E-state index >= 15 is 0 Å². The van der Waals surface area contributed by atoms with E-state index in [1.165, 1.54) is 16.9 Å². The quantitative estimate of drug-likeness (QED) is 0.929. The molecule has 0 radical (unpaired) electrons. The number of hydrogen-bond donors (Lipinski definition) is 1. The molecule has 0 aliphatic heterocycles. The second kappa shape index (κ2) is 5.00. The molecule has 0 aliphatic carbocycles. The minimum absolute atomic E-state index is 0.297. The highest BCUT2D eigenvalue weighted by Crippen LogP contribution is 2.30. The van der Waals surface area contributed by atoms with Gasteiger partial charge < -0.3 is 5.73 Å². The Kier molecular flexibility index (Phi) is 3.57. The summed E-state index contributed by atoms with van der Waals surface area (Å²) in [5.74, 6) is 0. The first-order valence-corrected chi connectivity index (χ1v) is 5.64. The van der Waals surface area contributed by atoms with E-state index in [9.17, 15) is 13.2 Å². The number of aryl methyl sites for hydroxylation is 1. The molecule has 2 aromatic rings. The highest BCUT2D eigenvalue weighted by Gasteiger charge is 2.30. The van der Waals surface area contributed by atoms with E-state index in [1.54, 1.807) is 13.1 Å². The SMILES string of the molecule is Cn1nncc1C(N)Cc1cccc(C(F)(F)F)c1. The van der Waals surface area contributed by atoms with Gasteiger partial charge in [-0.25, -0.2) is 0 Å². The number of nitrogens with zero attached hydrogens (tertiary/aromatic N) is 3. The van der Waals surface area contributed by atoms with Crippen molar-refractivity contribution < 1.29 is 13.2 Å². The van der Waals surface area contributed by atoms with Gasteiger partial charge in [0.05, 0.1) is 23.5 Å². The van der Waals surface area contributed by atoms with Crippen molar-refractivity contribution in [2.45, 2.75) is 18.6 Å². The molecule has 0 spiro atoms. The van der Waals surface area contributed by atoms with Crippen molar-refractivity contribution in [2.24, 2.45) is 12.8 Å².